The third kappa shape index (κ3) is 2.51. The summed E-state index contributed by atoms with van der Waals surface area (Å²) in [5.41, 5.74) is 0. The molecule has 0 N–H and O–H groups in total. The standard InChI is InChI=1S/C6H6.C5H8N2S/c1-2-4-6-5-3-1;1-2-7-3-4-8-5(7)6-1/h1-6H;1-4H2. The number of fused-ring (bicyclic) bond motifs is 1. The first kappa shape index (κ1) is 9.59. The van der Waals surface area contributed by atoms with Gasteiger partial charge in [-0.15, -0.1) is 0 Å². The van der Waals surface area contributed by atoms with Gasteiger partial charge in [0.05, 0.1) is 6.54 Å². The van der Waals surface area contributed by atoms with Gasteiger partial charge in [0.15, 0.2) is 5.17 Å². The van der Waals surface area contributed by atoms with Crippen LogP contribution >= 0.6 is 11.8 Å². The zero-order valence-electron chi connectivity index (χ0n) is 8.10. The van der Waals surface area contributed by atoms with Gasteiger partial charge < -0.3 is 4.90 Å². The molecule has 0 saturated carbocycles. The molecule has 2 aliphatic rings. The molecule has 0 atom stereocenters. The van der Waals surface area contributed by atoms with E-state index >= 15 is 0 Å². The second kappa shape index (κ2) is 5.05. The molecule has 3 heteroatoms. The highest BCUT2D eigenvalue weighted by Gasteiger charge is 2.21. The van der Waals surface area contributed by atoms with E-state index in [-0.39, 0.29) is 0 Å². The van der Waals surface area contributed by atoms with Gasteiger partial charge in [0.1, 0.15) is 0 Å². The van der Waals surface area contributed by atoms with Crippen molar-refractivity contribution in [1.82, 2.24) is 4.90 Å². The number of thioether (sulfide) groups is 1. The lowest BCUT2D eigenvalue weighted by Crippen LogP contribution is -2.20. The number of rotatable bonds is 0. The summed E-state index contributed by atoms with van der Waals surface area (Å²) in [4.78, 5) is 6.66. The Morgan fingerprint density at radius 3 is 2.21 bits per heavy atom. The fourth-order valence-corrected chi connectivity index (χ4v) is 2.48. The van der Waals surface area contributed by atoms with Crippen LogP contribution in [-0.4, -0.2) is 35.5 Å². The molecule has 0 spiro atoms. The number of benzene rings is 1. The van der Waals surface area contributed by atoms with Crippen LogP contribution in [0.2, 0.25) is 0 Å². The molecule has 0 radical (unpaired) electrons. The third-order valence-corrected chi connectivity index (χ3v) is 3.18. The van der Waals surface area contributed by atoms with Gasteiger partial charge in [0, 0.05) is 18.8 Å². The lowest BCUT2D eigenvalue weighted by Gasteiger charge is -2.06. The van der Waals surface area contributed by atoms with E-state index in [4.69, 9.17) is 0 Å². The highest BCUT2D eigenvalue weighted by atomic mass is 32.2. The first-order valence-corrected chi connectivity index (χ1v) is 5.87. The van der Waals surface area contributed by atoms with E-state index < -0.39 is 0 Å². The van der Waals surface area contributed by atoms with Gasteiger partial charge in [-0.1, -0.05) is 48.2 Å². The molecule has 2 heterocycles. The second-order valence-electron chi connectivity index (χ2n) is 3.15. The van der Waals surface area contributed by atoms with Crippen LogP contribution in [-0.2, 0) is 0 Å². The van der Waals surface area contributed by atoms with Gasteiger partial charge in [-0.2, -0.15) is 0 Å². The van der Waals surface area contributed by atoms with Crippen molar-refractivity contribution in [3.63, 3.8) is 0 Å². The van der Waals surface area contributed by atoms with Crippen molar-refractivity contribution in [2.75, 3.05) is 25.4 Å². The average Bonchev–Trinajstić information content (AvgIpc) is 2.82. The maximum atomic E-state index is 4.30. The number of hydrogen-bond donors (Lipinski definition) is 0. The maximum absolute atomic E-state index is 4.30. The van der Waals surface area contributed by atoms with Crippen molar-refractivity contribution in [2.45, 2.75) is 0 Å². The summed E-state index contributed by atoms with van der Waals surface area (Å²) < 4.78 is 0. The number of aliphatic imine (C=N–C) groups is 1. The first-order valence-electron chi connectivity index (χ1n) is 4.89. The lowest BCUT2D eigenvalue weighted by atomic mass is 10.4. The minimum absolute atomic E-state index is 1.03. The average molecular weight is 206 g/mol. The molecular formula is C11H14N2S. The van der Waals surface area contributed by atoms with E-state index in [2.05, 4.69) is 9.89 Å². The molecule has 0 unspecified atom stereocenters. The van der Waals surface area contributed by atoms with E-state index in [1.807, 2.05) is 48.2 Å². The molecule has 0 bridgehead atoms. The van der Waals surface area contributed by atoms with E-state index in [9.17, 15) is 0 Å². The highest BCUT2D eigenvalue weighted by molar-refractivity contribution is 8.14. The summed E-state index contributed by atoms with van der Waals surface area (Å²) in [6.07, 6.45) is 0. The Bertz CT molecular complexity index is 271. The smallest absolute Gasteiger partial charge is 0.159 e. The quantitative estimate of drug-likeness (QED) is 0.646. The van der Waals surface area contributed by atoms with E-state index in [0.717, 1.165) is 6.54 Å². The second-order valence-corrected chi connectivity index (χ2v) is 4.22. The fourth-order valence-electron chi connectivity index (χ4n) is 1.44. The zero-order chi connectivity index (χ0) is 9.64. The van der Waals surface area contributed by atoms with Gasteiger partial charge in [-0.3, -0.25) is 4.99 Å². The van der Waals surface area contributed by atoms with Crippen molar-refractivity contribution in [3.8, 4) is 0 Å². The normalized spacial score (nSPS) is 18.3. The molecule has 14 heavy (non-hydrogen) atoms. The van der Waals surface area contributed by atoms with Crippen molar-refractivity contribution in [1.29, 1.82) is 0 Å². The number of amidine groups is 1. The largest absolute Gasteiger partial charge is 0.349 e. The van der Waals surface area contributed by atoms with Gasteiger partial charge in [-0.25, -0.2) is 0 Å². The number of hydrogen-bond acceptors (Lipinski definition) is 3. The monoisotopic (exact) mass is 206 g/mol. The molecule has 1 aromatic rings. The van der Waals surface area contributed by atoms with Crippen LogP contribution in [0.25, 0.3) is 0 Å². The molecular weight excluding hydrogens is 192 g/mol. The summed E-state index contributed by atoms with van der Waals surface area (Å²) in [5.74, 6) is 1.25. The van der Waals surface area contributed by atoms with Crippen LogP contribution in [0, 0.1) is 0 Å². The third-order valence-electron chi connectivity index (χ3n) is 2.15. The Kier molecular flexibility index (Phi) is 3.46. The highest BCUT2D eigenvalue weighted by Crippen LogP contribution is 2.20. The predicted molar refractivity (Wildman–Crippen MR) is 62.8 cm³/mol. The lowest BCUT2D eigenvalue weighted by molar-refractivity contribution is 0.504. The summed E-state index contributed by atoms with van der Waals surface area (Å²) in [6.45, 7) is 3.42. The molecule has 2 aliphatic heterocycles. The summed E-state index contributed by atoms with van der Waals surface area (Å²) in [7, 11) is 0. The maximum Gasteiger partial charge on any atom is 0.159 e. The van der Waals surface area contributed by atoms with Crippen molar-refractivity contribution in [3.05, 3.63) is 36.4 Å². The first-order chi connectivity index (χ1) is 6.97. The van der Waals surface area contributed by atoms with Crippen molar-refractivity contribution in [2.24, 2.45) is 4.99 Å². The summed E-state index contributed by atoms with van der Waals surface area (Å²) in [5, 5.41) is 1.28. The Labute approximate surface area is 89.0 Å². The van der Waals surface area contributed by atoms with Gasteiger partial charge in [0.25, 0.3) is 0 Å². The zero-order valence-corrected chi connectivity index (χ0v) is 8.91. The van der Waals surface area contributed by atoms with Gasteiger partial charge in [0.2, 0.25) is 0 Å². The Morgan fingerprint density at radius 1 is 1.00 bits per heavy atom. The molecule has 2 nitrogen and oxygen atoms in total. The summed E-state index contributed by atoms with van der Waals surface area (Å²) >= 11 is 1.89. The topological polar surface area (TPSA) is 15.6 Å². The van der Waals surface area contributed by atoms with Crippen LogP contribution in [0.4, 0.5) is 0 Å². The molecule has 1 saturated heterocycles. The molecule has 0 aliphatic carbocycles. The fraction of sp³-hybridized carbons (Fsp3) is 0.364. The van der Waals surface area contributed by atoms with Gasteiger partial charge >= 0.3 is 0 Å². The Balaban J connectivity index is 0.000000112. The minimum Gasteiger partial charge on any atom is -0.349 e. The van der Waals surface area contributed by atoms with Crippen LogP contribution in [0.3, 0.4) is 0 Å². The van der Waals surface area contributed by atoms with E-state index in [1.165, 1.54) is 24.0 Å². The molecule has 0 aromatic heterocycles. The van der Waals surface area contributed by atoms with E-state index in [0.29, 0.717) is 0 Å². The molecule has 0 amide bonds. The van der Waals surface area contributed by atoms with Crippen molar-refractivity contribution < 1.29 is 0 Å². The summed E-state index contributed by atoms with van der Waals surface area (Å²) in [6, 6.07) is 12.0. The number of nitrogens with zero attached hydrogens (tertiary/aromatic N) is 2. The predicted octanol–water partition coefficient (Wildman–Crippen LogP) is 2.09. The van der Waals surface area contributed by atoms with Gasteiger partial charge in [-0.05, 0) is 0 Å². The van der Waals surface area contributed by atoms with Crippen molar-refractivity contribution >= 4 is 16.9 Å². The van der Waals surface area contributed by atoms with Crippen LogP contribution in [0.1, 0.15) is 0 Å². The molecule has 1 fully saturated rings. The van der Waals surface area contributed by atoms with E-state index in [1.54, 1.807) is 0 Å². The molecule has 3 rings (SSSR count). The molecule has 74 valence electrons. The Hall–Kier alpha value is -0.960. The SMILES string of the molecule is C1CN2CCSC2=N1.c1ccccc1. The van der Waals surface area contributed by atoms with Crippen LogP contribution in [0.15, 0.2) is 41.4 Å². The molecule has 1 aromatic carbocycles. The Morgan fingerprint density at radius 2 is 1.64 bits per heavy atom. The van der Waals surface area contributed by atoms with Crippen LogP contribution < -0.4 is 0 Å². The minimum atomic E-state index is 1.03. The van der Waals surface area contributed by atoms with Crippen LogP contribution in [0.5, 0.6) is 0 Å².